The fourth-order valence-electron chi connectivity index (χ4n) is 3.01. The number of aromatic nitrogens is 1. The zero-order valence-corrected chi connectivity index (χ0v) is 15.7. The monoisotopic (exact) mass is 343 g/mol. The lowest BCUT2D eigenvalue weighted by atomic mass is 10.1. The molecule has 0 amide bonds. The zero-order chi connectivity index (χ0) is 17.5. The molecule has 2 heterocycles. The van der Waals surface area contributed by atoms with E-state index in [0.29, 0.717) is 6.42 Å². The Morgan fingerprint density at radius 3 is 2.71 bits per heavy atom. The Morgan fingerprint density at radius 1 is 1.33 bits per heavy atom. The first kappa shape index (κ1) is 17.2. The quantitative estimate of drug-likeness (QED) is 0.651. The van der Waals surface area contributed by atoms with Gasteiger partial charge in [0, 0.05) is 23.6 Å². The highest BCUT2D eigenvalue weighted by molar-refractivity contribution is 6.83. The highest BCUT2D eigenvalue weighted by Crippen LogP contribution is 2.33. The molecule has 0 unspecified atom stereocenters. The molecular weight excluding hydrogens is 318 g/mol. The summed E-state index contributed by atoms with van der Waals surface area (Å²) >= 11 is 0. The van der Waals surface area contributed by atoms with Crippen LogP contribution in [0.1, 0.15) is 23.8 Å². The molecule has 2 N–H and O–H groups in total. The summed E-state index contributed by atoms with van der Waals surface area (Å²) in [5.41, 5.74) is 6.67. The van der Waals surface area contributed by atoms with Crippen molar-refractivity contribution in [3.8, 4) is 11.5 Å². The van der Waals surface area contributed by atoms with Crippen LogP contribution in [0.5, 0.6) is 0 Å². The number of hydrogen-bond acceptors (Lipinski definition) is 3. The van der Waals surface area contributed by atoms with E-state index in [2.05, 4.69) is 56.2 Å². The minimum Gasteiger partial charge on any atom is -0.394 e. The van der Waals surface area contributed by atoms with Gasteiger partial charge in [0.15, 0.2) is 0 Å². The number of ether oxygens (including phenoxy) is 1. The van der Waals surface area contributed by atoms with Gasteiger partial charge in [-0.05, 0) is 19.1 Å². The first-order valence-corrected chi connectivity index (χ1v) is 11.9. The van der Waals surface area contributed by atoms with Crippen LogP contribution < -0.4 is 0 Å². The fourth-order valence-corrected chi connectivity index (χ4v) is 3.52. The lowest BCUT2D eigenvalue weighted by Gasteiger charge is -2.15. The number of benzene rings is 1. The maximum Gasteiger partial charge on any atom is 0.137 e. The zero-order valence-electron chi connectivity index (χ0n) is 14.7. The van der Waals surface area contributed by atoms with Crippen LogP contribution in [0.25, 0.3) is 10.9 Å². The number of aliphatic hydroxyl groups is 2. The van der Waals surface area contributed by atoms with Crippen LogP contribution in [0.15, 0.2) is 24.4 Å². The normalized spacial score (nSPS) is 24.2. The molecule has 3 rings (SSSR count). The maximum absolute atomic E-state index is 10.0. The van der Waals surface area contributed by atoms with Crippen molar-refractivity contribution in [2.75, 3.05) is 6.61 Å². The number of fused-ring (bicyclic) bond motifs is 1. The summed E-state index contributed by atoms with van der Waals surface area (Å²) in [5.74, 6) is 3.36. The van der Waals surface area contributed by atoms with Gasteiger partial charge in [-0.3, -0.25) is 0 Å². The lowest BCUT2D eigenvalue weighted by Crippen LogP contribution is -2.24. The predicted molar refractivity (Wildman–Crippen MR) is 98.5 cm³/mol. The van der Waals surface area contributed by atoms with Crippen LogP contribution in [-0.2, 0) is 4.74 Å². The third-order valence-corrected chi connectivity index (χ3v) is 5.13. The highest BCUT2D eigenvalue weighted by atomic mass is 28.3. The van der Waals surface area contributed by atoms with Crippen LogP contribution in [0.4, 0.5) is 0 Å². The molecule has 3 atom stereocenters. The summed E-state index contributed by atoms with van der Waals surface area (Å²) < 4.78 is 7.87. The van der Waals surface area contributed by atoms with Gasteiger partial charge in [-0.25, -0.2) is 0 Å². The number of aryl methyl sites for hydroxylation is 1. The number of rotatable bonds is 2. The van der Waals surface area contributed by atoms with E-state index in [4.69, 9.17) is 4.74 Å². The van der Waals surface area contributed by atoms with Gasteiger partial charge >= 0.3 is 0 Å². The van der Waals surface area contributed by atoms with Gasteiger partial charge in [0.1, 0.15) is 20.4 Å². The molecule has 1 aliphatic rings. The van der Waals surface area contributed by atoms with Gasteiger partial charge in [0.05, 0.1) is 18.2 Å². The van der Waals surface area contributed by atoms with Crippen molar-refractivity contribution in [2.45, 2.75) is 51.4 Å². The van der Waals surface area contributed by atoms with E-state index < -0.39 is 20.3 Å². The molecule has 0 bridgehead atoms. The van der Waals surface area contributed by atoms with Gasteiger partial charge in [-0.15, -0.1) is 5.54 Å². The summed E-state index contributed by atoms with van der Waals surface area (Å²) in [6.45, 7) is 8.59. The summed E-state index contributed by atoms with van der Waals surface area (Å²) in [6, 6.07) is 6.30. The molecule has 2 aromatic rings. The standard InChI is InChI=1S/C19H25NO3Si/c1-13-5-6-16-15(9-13)14(7-8-24(2,3)4)11-20(16)19-10-17(22)18(12-21)23-19/h5-6,9,11,17-19,21-22H,10,12H2,1-4H3/t17-,18-,19-/m1/s1. The first-order valence-electron chi connectivity index (χ1n) is 8.37. The van der Waals surface area contributed by atoms with Crippen molar-refractivity contribution >= 4 is 19.0 Å². The molecule has 1 aromatic carbocycles. The molecular formula is C19H25NO3Si. The van der Waals surface area contributed by atoms with Crippen molar-refractivity contribution in [2.24, 2.45) is 0 Å². The Hall–Kier alpha value is -1.58. The largest absolute Gasteiger partial charge is 0.394 e. The topological polar surface area (TPSA) is 54.6 Å². The molecule has 24 heavy (non-hydrogen) atoms. The Bertz CT molecular complexity index is 810. The van der Waals surface area contributed by atoms with Crippen LogP contribution in [0, 0.1) is 18.4 Å². The van der Waals surface area contributed by atoms with Crippen molar-refractivity contribution in [1.82, 2.24) is 4.57 Å². The molecule has 1 aromatic heterocycles. The summed E-state index contributed by atoms with van der Waals surface area (Å²) in [6.07, 6.45) is 1.07. The minimum atomic E-state index is -1.47. The highest BCUT2D eigenvalue weighted by Gasteiger charge is 2.35. The van der Waals surface area contributed by atoms with Crippen molar-refractivity contribution in [1.29, 1.82) is 0 Å². The van der Waals surface area contributed by atoms with Crippen LogP contribution in [0.3, 0.4) is 0 Å². The van der Waals surface area contributed by atoms with Crippen molar-refractivity contribution in [3.63, 3.8) is 0 Å². The van der Waals surface area contributed by atoms with Gasteiger partial charge in [0.25, 0.3) is 0 Å². The molecule has 0 radical (unpaired) electrons. The molecule has 0 aliphatic carbocycles. The van der Waals surface area contributed by atoms with E-state index in [9.17, 15) is 10.2 Å². The third kappa shape index (κ3) is 3.42. The fraction of sp³-hybridized carbons (Fsp3) is 0.474. The van der Waals surface area contributed by atoms with E-state index in [1.54, 1.807) is 0 Å². The first-order chi connectivity index (χ1) is 11.3. The second-order valence-corrected chi connectivity index (χ2v) is 12.3. The molecule has 1 fully saturated rings. The Kier molecular flexibility index (Phi) is 4.58. The molecule has 128 valence electrons. The lowest BCUT2D eigenvalue weighted by molar-refractivity contribution is -0.0429. The number of hydrogen-bond donors (Lipinski definition) is 2. The molecule has 1 saturated heterocycles. The average molecular weight is 343 g/mol. The van der Waals surface area contributed by atoms with Crippen LogP contribution in [-0.4, -0.2) is 41.7 Å². The maximum atomic E-state index is 10.0. The summed E-state index contributed by atoms with van der Waals surface area (Å²) in [7, 11) is -1.47. The van der Waals surface area contributed by atoms with E-state index >= 15 is 0 Å². The Balaban J connectivity index is 2.07. The van der Waals surface area contributed by atoms with Gasteiger partial charge in [-0.1, -0.05) is 37.2 Å². The molecule has 5 heteroatoms. The van der Waals surface area contributed by atoms with Gasteiger partial charge in [0.2, 0.25) is 0 Å². The van der Waals surface area contributed by atoms with E-state index in [-0.39, 0.29) is 12.8 Å². The SMILES string of the molecule is Cc1ccc2c(c1)c(C#C[Si](C)(C)C)cn2[C@H]1C[C@@H](O)[C@@H](CO)O1. The summed E-state index contributed by atoms with van der Waals surface area (Å²) in [4.78, 5) is 0. The predicted octanol–water partition coefficient (Wildman–Crippen LogP) is 2.82. The second kappa shape index (κ2) is 6.38. The Morgan fingerprint density at radius 2 is 2.08 bits per heavy atom. The molecule has 1 aliphatic heterocycles. The number of nitrogens with zero attached hydrogens (tertiary/aromatic N) is 1. The van der Waals surface area contributed by atoms with Gasteiger partial charge < -0.3 is 19.5 Å². The Labute approximate surface area is 144 Å². The van der Waals surface area contributed by atoms with E-state index in [1.165, 1.54) is 5.56 Å². The van der Waals surface area contributed by atoms with Crippen molar-refractivity contribution in [3.05, 3.63) is 35.5 Å². The van der Waals surface area contributed by atoms with E-state index in [1.807, 2.05) is 10.8 Å². The minimum absolute atomic E-state index is 0.168. The second-order valence-electron chi connectivity index (χ2n) is 7.59. The van der Waals surface area contributed by atoms with E-state index in [0.717, 1.165) is 16.5 Å². The molecule has 0 saturated carbocycles. The molecule has 0 spiro atoms. The van der Waals surface area contributed by atoms with Crippen LogP contribution >= 0.6 is 0 Å². The van der Waals surface area contributed by atoms with Gasteiger partial charge in [-0.2, -0.15) is 0 Å². The van der Waals surface area contributed by atoms with Crippen molar-refractivity contribution < 1.29 is 14.9 Å². The van der Waals surface area contributed by atoms with Crippen LogP contribution in [0.2, 0.25) is 19.6 Å². The number of aliphatic hydroxyl groups excluding tert-OH is 2. The summed E-state index contributed by atoms with van der Waals surface area (Å²) in [5, 5.41) is 20.5. The smallest absolute Gasteiger partial charge is 0.137 e. The molecule has 4 nitrogen and oxygen atoms in total. The average Bonchev–Trinajstić information content (AvgIpc) is 3.04. The third-order valence-electron chi connectivity index (χ3n) is 4.26.